The molecule has 1 aromatic carbocycles. The monoisotopic (exact) mass is 451 g/mol. The minimum absolute atomic E-state index is 0.00750. The van der Waals surface area contributed by atoms with Gasteiger partial charge in [-0.15, -0.1) is 0 Å². The molecule has 2 aliphatic heterocycles. The highest BCUT2D eigenvalue weighted by Gasteiger charge is 2.39. The number of amides is 1. The van der Waals surface area contributed by atoms with Crippen molar-refractivity contribution in [1.82, 2.24) is 19.5 Å². The minimum Gasteiger partial charge on any atom is -0.393 e. The number of hydrogen-bond acceptors (Lipinski definition) is 6. The van der Waals surface area contributed by atoms with Crippen LogP contribution in [0.2, 0.25) is 0 Å². The van der Waals surface area contributed by atoms with Crippen molar-refractivity contribution in [3.8, 4) is 0 Å². The second kappa shape index (κ2) is 8.57. The molecule has 2 bridgehead atoms. The average Bonchev–Trinajstić information content (AvgIpc) is 3.28. The lowest BCUT2D eigenvalue weighted by molar-refractivity contribution is 0.0560. The predicted octanol–water partition coefficient (Wildman–Crippen LogP) is 3.23. The van der Waals surface area contributed by atoms with Crippen LogP contribution in [0.3, 0.4) is 0 Å². The SMILES string of the molecule is COC[C@@H](Nc1ncnn2cc(C(=O)N3C4=CCC3C[C@@H](O)C4)c(C)c12)c1ccc(F)cc1. The van der Waals surface area contributed by atoms with E-state index in [0.29, 0.717) is 36.3 Å². The van der Waals surface area contributed by atoms with E-state index in [-0.39, 0.29) is 23.8 Å². The van der Waals surface area contributed by atoms with Crippen molar-refractivity contribution in [3.63, 3.8) is 0 Å². The number of anilines is 1. The molecule has 0 saturated carbocycles. The molecular weight excluding hydrogens is 425 g/mol. The highest BCUT2D eigenvalue weighted by Crippen LogP contribution is 2.37. The fourth-order valence-corrected chi connectivity index (χ4v) is 4.89. The number of hydrogen-bond donors (Lipinski definition) is 2. The molecule has 2 aromatic heterocycles. The number of fused-ring (bicyclic) bond motifs is 3. The van der Waals surface area contributed by atoms with Gasteiger partial charge in [0.2, 0.25) is 0 Å². The number of carbonyl (C=O) groups excluding carboxylic acids is 1. The van der Waals surface area contributed by atoms with Crippen molar-refractivity contribution < 1.29 is 19.0 Å². The number of carbonyl (C=O) groups is 1. The lowest BCUT2D eigenvalue weighted by Crippen LogP contribution is -2.42. The maximum Gasteiger partial charge on any atom is 0.260 e. The number of piperidine rings is 1. The van der Waals surface area contributed by atoms with Crippen molar-refractivity contribution in [2.75, 3.05) is 19.0 Å². The Bertz CT molecular complexity index is 1220. The molecule has 2 aliphatic rings. The topological polar surface area (TPSA) is 92.0 Å². The van der Waals surface area contributed by atoms with Gasteiger partial charge in [0, 0.05) is 31.5 Å². The number of aryl methyl sites for hydroxylation is 1. The van der Waals surface area contributed by atoms with Gasteiger partial charge in [0.15, 0.2) is 5.82 Å². The molecule has 1 amide bonds. The van der Waals surface area contributed by atoms with Crippen LogP contribution in [0.25, 0.3) is 5.52 Å². The number of aliphatic hydroxyl groups is 1. The molecule has 3 atom stereocenters. The maximum atomic E-state index is 13.5. The molecule has 172 valence electrons. The largest absolute Gasteiger partial charge is 0.393 e. The normalized spacial score (nSPS) is 20.7. The molecule has 5 rings (SSSR count). The summed E-state index contributed by atoms with van der Waals surface area (Å²) in [6, 6.07) is 5.96. The molecule has 1 unspecified atom stereocenters. The predicted molar refractivity (Wildman–Crippen MR) is 120 cm³/mol. The zero-order chi connectivity index (χ0) is 23.1. The van der Waals surface area contributed by atoms with Crippen molar-refractivity contribution >= 4 is 17.2 Å². The Hall–Kier alpha value is -3.30. The van der Waals surface area contributed by atoms with Crippen molar-refractivity contribution in [2.24, 2.45) is 0 Å². The van der Waals surface area contributed by atoms with E-state index in [1.807, 2.05) is 11.8 Å². The van der Waals surface area contributed by atoms with Crippen LogP contribution in [-0.4, -0.2) is 56.4 Å². The second-order valence-corrected chi connectivity index (χ2v) is 8.63. The van der Waals surface area contributed by atoms with Gasteiger partial charge in [-0.1, -0.05) is 18.2 Å². The van der Waals surface area contributed by atoms with Gasteiger partial charge in [-0.05, 0) is 43.0 Å². The number of aliphatic hydroxyl groups excluding tert-OH is 1. The first-order valence-corrected chi connectivity index (χ1v) is 11.0. The standard InChI is InChI=1S/C24H26FN5O3/c1-14-20(24(32)30-17-7-8-18(30)10-19(31)9-17)11-29-22(14)23(26-13-27-29)28-21(12-33-2)15-3-5-16(25)6-4-15/h3-7,11,13,18-19,21,31H,8-10,12H2,1-2H3,(H,26,27,28)/t18?,19-,21+/m0/s1. The third-order valence-electron chi connectivity index (χ3n) is 6.48. The van der Waals surface area contributed by atoms with Crippen LogP contribution in [0.15, 0.2) is 48.6 Å². The summed E-state index contributed by atoms with van der Waals surface area (Å²) in [4.78, 5) is 19.8. The summed E-state index contributed by atoms with van der Waals surface area (Å²) in [5, 5.41) is 17.8. The number of halogens is 1. The molecule has 1 saturated heterocycles. The van der Waals surface area contributed by atoms with E-state index in [1.54, 1.807) is 30.0 Å². The van der Waals surface area contributed by atoms with Gasteiger partial charge in [-0.25, -0.2) is 13.9 Å². The van der Waals surface area contributed by atoms with Crippen LogP contribution < -0.4 is 5.32 Å². The second-order valence-electron chi connectivity index (χ2n) is 8.63. The molecule has 2 N–H and O–H groups in total. The van der Waals surface area contributed by atoms with E-state index >= 15 is 0 Å². The van der Waals surface area contributed by atoms with Crippen LogP contribution in [0.1, 0.15) is 46.8 Å². The van der Waals surface area contributed by atoms with Crippen LogP contribution in [-0.2, 0) is 4.74 Å². The van der Waals surface area contributed by atoms with Gasteiger partial charge in [-0.3, -0.25) is 4.79 Å². The van der Waals surface area contributed by atoms with Gasteiger partial charge >= 0.3 is 0 Å². The molecule has 4 heterocycles. The van der Waals surface area contributed by atoms with Gasteiger partial charge < -0.3 is 20.1 Å². The number of ether oxygens (including phenoxy) is 1. The lowest BCUT2D eigenvalue weighted by Gasteiger charge is -2.34. The number of methoxy groups -OCH3 is 1. The van der Waals surface area contributed by atoms with Crippen LogP contribution in [0, 0.1) is 12.7 Å². The van der Waals surface area contributed by atoms with Crippen LogP contribution in [0.4, 0.5) is 10.2 Å². The first-order valence-electron chi connectivity index (χ1n) is 11.0. The number of benzene rings is 1. The Balaban J connectivity index is 1.48. The van der Waals surface area contributed by atoms with E-state index in [1.165, 1.54) is 18.5 Å². The summed E-state index contributed by atoms with van der Waals surface area (Å²) in [7, 11) is 1.60. The average molecular weight is 452 g/mol. The van der Waals surface area contributed by atoms with Crippen molar-refractivity contribution in [2.45, 2.75) is 44.4 Å². The lowest BCUT2D eigenvalue weighted by atomic mass is 9.99. The zero-order valence-electron chi connectivity index (χ0n) is 18.5. The van der Waals surface area contributed by atoms with E-state index in [0.717, 1.165) is 23.2 Å². The summed E-state index contributed by atoms with van der Waals surface area (Å²) in [5.41, 5.74) is 3.76. The highest BCUT2D eigenvalue weighted by atomic mass is 19.1. The van der Waals surface area contributed by atoms with Crippen LogP contribution in [0.5, 0.6) is 0 Å². The summed E-state index contributed by atoms with van der Waals surface area (Å²) in [5.74, 6) is 0.167. The Morgan fingerprint density at radius 3 is 2.88 bits per heavy atom. The first kappa shape index (κ1) is 21.5. The summed E-state index contributed by atoms with van der Waals surface area (Å²) >= 11 is 0. The van der Waals surface area contributed by atoms with E-state index in [9.17, 15) is 14.3 Å². The fraction of sp³-hybridized carbons (Fsp3) is 0.375. The summed E-state index contributed by atoms with van der Waals surface area (Å²) in [6.45, 7) is 2.23. The smallest absolute Gasteiger partial charge is 0.260 e. The van der Waals surface area contributed by atoms with Gasteiger partial charge in [0.1, 0.15) is 17.7 Å². The van der Waals surface area contributed by atoms with E-state index in [4.69, 9.17) is 4.74 Å². The summed E-state index contributed by atoms with van der Waals surface area (Å²) < 4.78 is 20.4. The molecule has 33 heavy (non-hydrogen) atoms. The molecule has 0 spiro atoms. The molecule has 8 nitrogen and oxygen atoms in total. The fourth-order valence-electron chi connectivity index (χ4n) is 4.89. The third kappa shape index (κ3) is 3.87. The highest BCUT2D eigenvalue weighted by molar-refractivity contribution is 6.00. The van der Waals surface area contributed by atoms with E-state index < -0.39 is 6.10 Å². The maximum absolute atomic E-state index is 13.5. The minimum atomic E-state index is -0.396. The molecule has 1 fully saturated rings. The molecule has 9 heteroatoms. The quantitative estimate of drug-likeness (QED) is 0.598. The Labute approximate surface area is 190 Å². The Morgan fingerprint density at radius 2 is 2.15 bits per heavy atom. The van der Waals surface area contributed by atoms with Crippen LogP contribution >= 0.6 is 0 Å². The van der Waals surface area contributed by atoms with E-state index in [2.05, 4.69) is 21.5 Å². The number of nitrogens with one attached hydrogen (secondary N) is 1. The Morgan fingerprint density at radius 1 is 1.36 bits per heavy atom. The molecular formula is C24H26FN5O3. The third-order valence-corrected chi connectivity index (χ3v) is 6.48. The van der Waals surface area contributed by atoms with Crippen molar-refractivity contribution in [1.29, 1.82) is 0 Å². The molecule has 0 aliphatic carbocycles. The molecule has 3 aromatic rings. The zero-order valence-corrected chi connectivity index (χ0v) is 18.5. The summed E-state index contributed by atoms with van der Waals surface area (Å²) in [6.07, 6.45) is 6.67. The number of aromatic nitrogens is 3. The van der Waals surface area contributed by atoms with Crippen molar-refractivity contribution in [3.05, 3.63) is 71.1 Å². The number of nitrogens with zero attached hydrogens (tertiary/aromatic N) is 4. The van der Waals surface area contributed by atoms with Gasteiger partial charge in [0.25, 0.3) is 5.91 Å². The van der Waals surface area contributed by atoms with Gasteiger partial charge in [0.05, 0.1) is 24.3 Å². The van der Waals surface area contributed by atoms with Gasteiger partial charge in [-0.2, -0.15) is 5.10 Å². The molecule has 0 radical (unpaired) electrons. The Kier molecular flexibility index (Phi) is 5.59. The first-order chi connectivity index (χ1) is 16.0. The number of rotatable bonds is 6.